The Bertz CT molecular complexity index is 345. The molecule has 108 valence electrons. The van der Waals surface area contributed by atoms with E-state index in [4.69, 9.17) is 0 Å². The Balaban J connectivity index is 0.000000861. The first-order valence-electron chi connectivity index (χ1n) is 7.02. The highest BCUT2D eigenvalue weighted by Gasteiger charge is 2.23. The molecule has 2 heterocycles. The van der Waals surface area contributed by atoms with Crippen LogP contribution in [0.2, 0.25) is 0 Å². The van der Waals surface area contributed by atoms with Crippen LogP contribution in [0, 0.1) is 5.92 Å². The Kier molecular flexibility index (Phi) is 6.73. The number of aromatic nitrogens is 2. The average Bonchev–Trinajstić information content (AvgIpc) is 2.49. The predicted octanol–water partition coefficient (Wildman–Crippen LogP) is 1.21. The number of aliphatic hydroxyl groups excluding tert-OH is 1. The Morgan fingerprint density at radius 3 is 2.26 bits per heavy atom. The highest BCUT2D eigenvalue weighted by molar-refractivity contribution is 5.30. The zero-order valence-electron chi connectivity index (χ0n) is 12.2. The quantitative estimate of drug-likeness (QED) is 0.860. The molecule has 2 rings (SSSR count). The molecule has 0 saturated carbocycles. The second-order valence-corrected chi connectivity index (χ2v) is 4.81. The summed E-state index contributed by atoms with van der Waals surface area (Å²) < 4.78 is 0. The molecule has 0 radical (unpaired) electrons. The zero-order chi connectivity index (χ0) is 14.3. The van der Waals surface area contributed by atoms with Gasteiger partial charge < -0.3 is 15.7 Å². The molecule has 3 N–H and O–H groups in total. The van der Waals surface area contributed by atoms with Crippen LogP contribution in [0.4, 0.5) is 5.95 Å². The van der Waals surface area contributed by atoms with Gasteiger partial charge >= 0.3 is 0 Å². The molecule has 1 fully saturated rings. The number of hydrogen-bond donors (Lipinski definition) is 2. The highest BCUT2D eigenvalue weighted by atomic mass is 16.3. The van der Waals surface area contributed by atoms with Crippen molar-refractivity contribution in [3.63, 3.8) is 0 Å². The summed E-state index contributed by atoms with van der Waals surface area (Å²) in [6.07, 6.45) is 6.64. The van der Waals surface area contributed by atoms with E-state index >= 15 is 0 Å². The maximum atomic E-state index is 9.55. The van der Waals surface area contributed by atoms with Gasteiger partial charge in [0.2, 0.25) is 5.95 Å². The van der Waals surface area contributed by atoms with Crippen LogP contribution in [0.25, 0.3) is 0 Å². The van der Waals surface area contributed by atoms with E-state index in [1.165, 1.54) is 12.6 Å². The van der Waals surface area contributed by atoms with Crippen molar-refractivity contribution in [3.8, 4) is 0 Å². The summed E-state index contributed by atoms with van der Waals surface area (Å²) in [6.45, 7) is 5.88. The van der Waals surface area contributed by atoms with Gasteiger partial charge in [-0.3, -0.25) is 0 Å². The van der Waals surface area contributed by atoms with Crippen LogP contribution in [0.5, 0.6) is 0 Å². The summed E-state index contributed by atoms with van der Waals surface area (Å²) in [6, 6.07) is 0. The molecule has 5 heteroatoms. The largest absolute Gasteiger partial charge is 0.393 e. The molecule has 1 aromatic rings. The first-order valence-corrected chi connectivity index (χ1v) is 7.02. The number of hydrogen-bond acceptors (Lipinski definition) is 5. The van der Waals surface area contributed by atoms with Crippen LogP contribution in [-0.4, -0.2) is 41.3 Å². The molecule has 1 unspecified atom stereocenters. The molecule has 0 spiro atoms. The topological polar surface area (TPSA) is 75.3 Å². The molecular weight excluding hydrogens is 240 g/mol. The molecule has 19 heavy (non-hydrogen) atoms. The van der Waals surface area contributed by atoms with Gasteiger partial charge in [0.05, 0.1) is 6.10 Å². The molecule has 1 saturated heterocycles. The lowest BCUT2D eigenvalue weighted by atomic mass is 9.92. The second-order valence-electron chi connectivity index (χ2n) is 4.81. The van der Waals surface area contributed by atoms with Crippen molar-refractivity contribution in [2.45, 2.75) is 39.2 Å². The smallest absolute Gasteiger partial charge is 0.225 e. The standard InChI is InChI=1S/C13H21N3O.CH5N/c1-3-11-8-14-13(15-9-11)16-6-4-12(5-7-16)10(2)17;1-2/h8-10,12,17H,3-7H2,1-2H3;2H2,1H3. The predicted molar refractivity (Wildman–Crippen MR) is 78.1 cm³/mol. The van der Waals surface area contributed by atoms with Crippen LogP contribution in [-0.2, 0) is 6.42 Å². The van der Waals surface area contributed by atoms with Crippen molar-refractivity contribution in [2.75, 3.05) is 25.0 Å². The number of piperidine rings is 1. The van der Waals surface area contributed by atoms with Gasteiger partial charge in [-0.1, -0.05) is 6.92 Å². The highest BCUT2D eigenvalue weighted by Crippen LogP contribution is 2.22. The van der Waals surface area contributed by atoms with Gasteiger partial charge in [0.15, 0.2) is 0 Å². The minimum Gasteiger partial charge on any atom is -0.393 e. The minimum absolute atomic E-state index is 0.194. The van der Waals surface area contributed by atoms with Crippen molar-refractivity contribution in [1.29, 1.82) is 0 Å². The molecule has 0 aromatic carbocycles. The molecule has 1 aliphatic rings. The number of nitrogens with two attached hydrogens (primary N) is 1. The van der Waals surface area contributed by atoms with Crippen molar-refractivity contribution < 1.29 is 5.11 Å². The first kappa shape index (κ1) is 15.9. The molecular formula is C14H26N4O. The summed E-state index contributed by atoms with van der Waals surface area (Å²) in [5.41, 5.74) is 5.67. The molecule has 1 aromatic heterocycles. The van der Waals surface area contributed by atoms with Crippen LogP contribution in [0.15, 0.2) is 12.4 Å². The summed E-state index contributed by atoms with van der Waals surface area (Å²) in [5, 5.41) is 9.55. The minimum atomic E-state index is -0.194. The molecule has 5 nitrogen and oxygen atoms in total. The van der Waals surface area contributed by atoms with E-state index in [-0.39, 0.29) is 6.10 Å². The van der Waals surface area contributed by atoms with Gasteiger partial charge in [-0.2, -0.15) is 0 Å². The van der Waals surface area contributed by atoms with Gasteiger partial charge in [0, 0.05) is 25.5 Å². The fourth-order valence-corrected chi connectivity index (χ4v) is 2.28. The number of aryl methyl sites for hydroxylation is 1. The number of aliphatic hydroxyl groups is 1. The summed E-state index contributed by atoms with van der Waals surface area (Å²) in [7, 11) is 1.50. The van der Waals surface area contributed by atoms with Gasteiger partial charge in [-0.25, -0.2) is 9.97 Å². The third-order valence-corrected chi connectivity index (χ3v) is 3.60. The van der Waals surface area contributed by atoms with Crippen LogP contribution in [0.1, 0.15) is 32.3 Å². The zero-order valence-corrected chi connectivity index (χ0v) is 12.2. The maximum absolute atomic E-state index is 9.55. The van der Waals surface area contributed by atoms with Crippen LogP contribution < -0.4 is 10.6 Å². The molecule has 0 aliphatic carbocycles. The molecule has 1 atom stereocenters. The maximum Gasteiger partial charge on any atom is 0.225 e. The van der Waals surface area contributed by atoms with E-state index in [1.54, 1.807) is 0 Å². The summed E-state index contributed by atoms with van der Waals surface area (Å²) >= 11 is 0. The molecule has 0 amide bonds. The second kappa shape index (κ2) is 8.07. The van der Waals surface area contributed by atoms with Gasteiger partial charge in [-0.15, -0.1) is 0 Å². The Morgan fingerprint density at radius 1 is 1.32 bits per heavy atom. The normalized spacial score (nSPS) is 17.6. The van der Waals surface area contributed by atoms with E-state index in [9.17, 15) is 5.11 Å². The van der Waals surface area contributed by atoms with E-state index in [0.717, 1.165) is 38.3 Å². The average molecular weight is 266 g/mol. The fourth-order valence-electron chi connectivity index (χ4n) is 2.28. The molecule has 0 bridgehead atoms. The fraction of sp³-hybridized carbons (Fsp3) is 0.714. The van der Waals surface area contributed by atoms with E-state index in [1.807, 2.05) is 19.3 Å². The number of anilines is 1. The SMILES string of the molecule is CCc1cnc(N2CCC(C(C)O)CC2)nc1.CN. The lowest BCUT2D eigenvalue weighted by molar-refractivity contribution is 0.109. The Morgan fingerprint density at radius 2 is 1.84 bits per heavy atom. The third-order valence-electron chi connectivity index (χ3n) is 3.60. The van der Waals surface area contributed by atoms with Crippen LogP contribution in [0.3, 0.4) is 0 Å². The monoisotopic (exact) mass is 266 g/mol. The van der Waals surface area contributed by atoms with Crippen molar-refractivity contribution in [1.82, 2.24) is 9.97 Å². The summed E-state index contributed by atoms with van der Waals surface area (Å²) in [4.78, 5) is 11.0. The van der Waals surface area contributed by atoms with Gasteiger partial charge in [0.1, 0.15) is 0 Å². The van der Waals surface area contributed by atoms with Crippen LogP contribution >= 0.6 is 0 Å². The van der Waals surface area contributed by atoms with E-state index in [2.05, 4.69) is 27.5 Å². The van der Waals surface area contributed by atoms with Gasteiger partial charge in [-0.05, 0) is 44.7 Å². The van der Waals surface area contributed by atoms with Gasteiger partial charge in [0.25, 0.3) is 0 Å². The van der Waals surface area contributed by atoms with Crippen molar-refractivity contribution in [2.24, 2.45) is 11.7 Å². The number of rotatable bonds is 3. The Labute approximate surface area is 115 Å². The Hall–Kier alpha value is -1.20. The van der Waals surface area contributed by atoms with E-state index in [0.29, 0.717) is 5.92 Å². The summed E-state index contributed by atoms with van der Waals surface area (Å²) in [5.74, 6) is 1.26. The van der Waals surface area contributed by atoms with E-state index < -0.39 is 0 Å². The van der Waals surface area contributed by atoms with Crippen molar-refractivity contribution in [3.05, 3.63) is 18.0 Å². The van der Waals surface area contributed by atoms with Crippen molar-refractivity contribution >= 4 is 5.95 Å². The lowest BCUT2D eigenvalue weighted by Gasteiger charge is -2.33. The third kappa shape index (κ3) is 4.44. The number of nitrogens with zero attached hydrogens (tertiary/aromatic N) is 3. The lowest BCUT2D eigenvalue weighted by Crippen LogP contribution is -2.37. The molecule has 1 aliphatic heterocycles. The first-order chi connectivity index (χ1) is 9.20.